The Bertz CT molecular complexity index is 1360. The lowest BCUT2D eigenvalue weighted by molar-refractivity contribution is 0.250. The van der Waals surface area contributed by atoms with Gasteiger partial charge in [-0.25, -0.2) is 12.7 Å². The van der Waals surface area contributed by atoms with Crippen molar-refractivity contribution in [3.8, 4) is 5.75 Å². The summed E-state index contributed by atoms with van der Waals surface area (Å²) >= 11 is 0. The minimum atomic E-state index is -3.91. The molecule has 3 N–H and O–H groups in total. The van der Waals surface area contributed by atoms with E-state index < -0.39 is 26.6 Å². The lowest BCUT2D eigenvalue weighted by Gasteiger charge is -2.39. The Kier molecular flexibility index (Phi) is 5.17. The summed E-state index contributed by atoms with van der Waals surface area (Å²) in [4.78, 5) is 24.4. The standard InChI is InChI=1S/C22H25N3O6S/c1-22(2)10-8-14-12(9-11-31-14)21(22)24-17-16(19(27)20(17)28)23-13-6-5-7-15(18(13)26)32(29,30)25(3)4/h5-7,9,11,21,23-24,26H,8,10H2,1-4H3. The van der Waals surface area contributed by atoms with Crippen molar-refractivity contribution in [2.24, 2.45) is 5.41 Å². The molecule has 0 radical (unpaired) electrons. The molecule has 1 atom stereocenters. The van der Waals surface area contributed by atoms with E-state index >= 15 is 0 Å². The van der Waals surface area contributed by atoms with E-state index in [9.17, 15) is 23.1 Å². The van der Waals surface area contributed by atoms with Gasteiger partial charge in [-0.15, -0.1) is 0 Å². The van der Waals surface area contributed by atoms with Crippen molar-refractivity contribution in [3.63, 3.8) is 0 Å². The van der Waals surface area contributed by atoms with Gasteiger partial charge in [0.05, 0.1) is 18.0 Å². The number of rotatable bonds is 6. The zero-order valence-corrected chi connectivity index (χ0v) is 19.0. The normalized spacial score (nSPS) is 18.0. The topological polar surface area (TPSA) is 129 Å². The molecule has 0 amide bonds. The number of aromatic hydroxyl groups is 1. The number of hydrogen-bond acceptors (Lipinski definition) is 8. The summed E-state index contributed by atoms with van der Waals surface area (Å²) in [5.74, 6) is 0.310. The number of hydrogen-bond donors (Lipinski definition) is 3. The van der Waals surface area contributed by atoms with Crippen molar-refractivity contribution in [2.75, 3.05) is 24.7 Å². The Labute approximate surface area is 185 Å². The number of fused-ring (bicyclic) bond motifs is 1. The monoisotopic (exact) mass is 459 g/mol. The number of anilines is 3. The number of phenols is 1. The smallest absolute Gasteiger partial charge is 0.253 e. The molecule has 1 aliphatic carbocycles. The molecule has 9 nitrogen and oxygen atoms in total. The quantitative estimate of drug-likeness (QED) is 0.379. The zero-order valence-electron chi connectivity index (χ0n) is 18.2. The molecule has 1 heterocycles. The van der Waals surface area contributed by atoms with Crippen molar-refractivity contribution in [3.05, 3.63) is 62.3 Å². The average molecular weight is 460 g/mol. The number of aryl methyl sites for hydroxylation is 1. The second-order valence-corrected chi connectivity index (χ2v) is 11.0. The van der Waals surface area contributed by atoms with Crippen LogP contribution in [0.1, 0.15) is 37.6 Å². The molecule has 0 fully saturated rings. The average Bonchev–Trinajstić information content (AvgIpc) is 3.20. The Morgan fingerprint density at radius 1 is 1.12 bits per heavy atom. The Hall–Kier alpha value is -3.11. The van der Waals surface area contributed by atoms with Gasteiger partial charge in [0.25, 0.3) is 10.9 Å². The highest BCUT2D eigenvalue weighted by molar-refractivity contribution is 7.89. The van der Waals surface area contributed by atoms with Gasteiger partial charge in [0, 0.05) is 26.1 Å². The molecule has 0 saturated heterocycles. The molecule has 0 saturated carbocycles. The molecule has 32 heavy (non-hydrogen) atoms. The summed E-state index contributed by atoms with van der Waals surface area (Å²) in [6.07, 6.45) is 3.22. The van der Waals surface area contributed by atoms with E-state index in [0.29, 0.717) is 0 Å². The fraction of sp³-hybridized carbons (Fsp3) is 0.364. The summed E-state index contributed by atoms with van der Waals surface area (Å²) in [6.45, 7) is 4.14. The number of nitrogens with zero attached hydrogens (tertiary/aromatic N) is 1. The first-order valence-corrected chi connectivity index (χ1v) is 11.6. The predicted molar refractivity (Wildman–Crippen MR) is 121 cm³/mol. The Morgan fingerprint density at radius 3 is 2.50 bits per heavy atom. The second-order valence-electron chi connectivity index (χ2n) is 8.84. The van der Waals surface area contributed by atoms with Crippen LogP contribution in [0.25, 0.3) is 0 Å². The lowest BCUT2D eigenvalue weighted by atomic mass is 9.72. The van der Waals surface area contributed by atoms with Crippen LogP contribution in [0.2, 0.25) is 0 Å². The summed E-state index contributed by atoms with van der Waals surface area (Å²) in [5, 5.41) is 16.5. The minimum Gasteiger partial charge on any atom is -0.504 e. The Balaban J connectivity index is 1.70. The third kappa shape index (κ3) is 3.39. The first-order chi connectivity index (χ1) is 14.9. The Morgan fingerprint density at radius 2 is 1.81 bits per heavy atom. The van der Waals surface area contributed by atoms with E-state index in [0.717, 1.165) is 28.5 Å². The SMILES string of the molecule is CN(C)S(=O)(=O)c1cccc(Nc2c(NC3c4ccoc4CCC3(C)C)c(=O)c2=O)c1O. The summed E-state index contributed by atoms with van der Waals surface area (Å²) in [6, 6.07) is 5.74. The predicted octanol–water partition coefficient (Wildman–Crippen LogP) is 2.70. The molecular formula is C22H25N3O6S. The van der Waals surface area contributed by atoms with E-state index in [1.165, 1.54) is 32.3 Å². The zero-order chi connectivity index (χ0) is 23.4. The van der Waals surface area contributed by atoms with Crippen molar-refractivity contribution in [2.45, 2.75) is 37.6 Å². The van der Waals surface area contributed by atoms with E-state index in [2.05, 4.69) is 24.5 Å². The van der Waals surface area contributed by atoms with Crippen molar-refractivity contribution in [1.29, 1.82) is 0 Å². The molecule has 1 aromatic heterocycles. The van der Waals surface area contributed by atoms with Crippen molar-refractivity contribution < 1.29 is 17.9 Å². The van der Waals surface area contributed by atoms with E-state index in [1.807, 2.05) is 6.07 Å². The highest BCUT2D eigenvalue weighted by atomic mass is 32.2. The summed E-state index contributed by atoms with van der Waals surface area (Å²) < 4.78 is 31.5. The van der Waals surface area contributed by atoms with Crippen LogP contribution in [0, 0.1) is 5.41 Å². The molecule has 10 heteroatoms. The fourth-order valence-corrected chi connectivity index (χ4v) is 5.04. The highest BCUT2D eigenvalue weighted by Crippen LogP contribution is 2.46. The largest absolute Gasteiger partial charge is 0.504 e. The van der Waals surface area contributed by atoms with Gasteiger partial charge in [0.2, 0.25) is 10.0 Å². The van der Waals surface area contributed by atoms with Gasteiger partial charge in [-0.05, 0) is 30.0 Å². The van der Waals surface area contributed by atoms with Crippen LogP contribution in [0.4, 0.5) is 17.1 Å². The first kappa shape index (κ1) is 22.1. The van der Waals surface area contributed by atoms with Crippen LogP contribution >= 0.6 is 0 Å². The number of nitrogens with one attached hydrogen (secondary N) is 2. The van der Waals surface area contributed by atoms with Crippen LogP contribution in [0.15, 0.2) is 49.4 Å². The van der Waals surface area contributed by atoms with Gasteiger partial charge in [0.1, 0.15) is 22.0 Å². The van der Waals surface area contributed by atoms with Gasteiger partial charge in [-0.1, -0.05) is 19.9 Å². The molecule has 3 aromatic rings. The van der Waals surface area contributed by atoms with Gasteiger partial charge in [-0.2, -0.15) is 0 Å². The van der Waals surface area contributed by atoms with Crippen LogP contribution in [-0.2, 0) is 16.4 Å². The van der Waals surface area contributed by atoms with Crippen LogP contribution in [-0.4, -0.2) is 31.9 Å². The van der Waals surface area contributed by atoms with Gasteiger partial charge < -0.3 is 20.2 Å². The van der Waals surface area contributed by atoms with E-state index in [4.69, 9.17) is 4.42 Å². The van der Waals surface area contributed by atoms with E-state index in [-0.39, 0.29) is 33.4 Å². The number of para-hydroxylation sites is 1. The van der Waals surface area contributed by atoms with Crippen LogP contribution in [0.3, 0.4) is 0 Å². The minimum absolute atomic E-state index is 0.00924. The number of phenolic OH excluding ortho intramolecular Hbond substituents is 1. The maximum Gasteiger partial charge on any atom is 0.253 e. The second kappa shape index (κ2) is 7.49. The van der Waals surface area contributed by atoms with Crippen molar-refractivity contribution in [1.82, 2.24) is 4.31 Å². The molecular weight excluding hydrogens is 434 g/mol. The molecule has 2 aromatic carbocycles. The third-order valence-corrected chi connectivity index (χ3v) is 7.93. The van der Waals surface area contributed by atoms with Crippen molar-refractivity contribution >= 4 is 27.1 Å². The van der Waals surface area contributed by atoms with E-state index in [1.54, 1.807) is 6.26 Å². The summed E-state index contributed by atoms with van der Waals surface area (Å²) in [5.41, 5.74) is -0.601. The number of benzene rings is 1. The van der Waals surface area contributed by atoms with Gasteiger partial charge in [-0.3, -0.25) is 9.59 Å². The van der Waals surface area contributed by atoms with Crippen LogP contribution < -0.4 is 21.5 Å². The third-order valence-electron chi connectivity index (χ3n) is 6.09. The molecule has 0 bridgehead atoms. The lowest BCUT2D eigenvalue weighted by Crippen LogP contribution is -2.41. The number of furan rings is 1. The highest BCUT2D eigenvalue weighted by Gasteiger charge is 2.39. The maximum atomic E-state index is 12.5. The van der Waals surface area contributed by atoms with Gasteiger partial charge in [0.15, 0.2) is 5.75 Å². The molecule has 4 rings (SSSR count). The fourth-order valence-electron chi connectivity index (χ4n) is 4.04. The molecule has 0 aliphatic heterocycles. The summed E-state index contributed by atoms with van der Waals surface area (Å²) in [7, 11) is -1.21. The molecule has 170 valence electrons. The van der Waals surface area contributed by atoms with Crippen LogP contribution in [0.5, 0.6) is 5.75 Å². The maximum absolute atomic E-state index is 12.5. The number of sulfonamides is 1. The molecule has 0 spiro atoms. The first-order valence-electron chi connectivity index (χ1n) is 10.1. The van der Waals surface area contributed by atoms with Gasteiger partial charge >= 0.3 is 0 Å². The molecule has 1 unspecified atom stereocenters. The molecule has 1 aliphatic rings.